The predicted octanol–water partition coefficient (Wildman–Crippen LogP) is 2.17. The molecule has 0 radical (unpaired) electrons. The molecule has 0 aromatic carbocycles. The average Bonchev–Trinajstić information content (AvgIpc) is 3.38. The minimum atomic E-state index is -0.400. The Balaban J connectivity index is 1.48. The van der Waals surface area contributed by atoms with E-state index in [4.69, 9.17) is 9.52 Å². The highest BCUT2D eigenvalue weighted by Crippen LogP contribution is 2.42. The number of aliphatic hydroxyl groups excluding tert-OH is 1. The van der Waals surface area contributed by atoms with Crippen LogP contribution >= 0.6 is 0 Å². The van der Waals surface area contributed by atoms with Crippen LogP contribution in [0.4, 0.5) is 0 Å². The van der Waals surface area contributed by atoms with Crippen LogP contribution in [0.25, 0.3) is 0 Å². The summed E-state index contributed by atoms with van der Waals surface area (Å²) in [6, 6.07) is 3.63. The third-order valence-corrected chi connectivity index (χ3v) is 6.20. The van der Waals surface area contributed by atoms with Gasteiger partial charge in [-0.15, -0.1) is 0 Å². The summed E-state index contributed by atoms with van der Waals surface area (Å²) in [5, 5.41) is 9.10. The SMILES string of the molecule is O=C(c1ccc(CO)o1)N1CC[C@@]2(CCCN(C3CCCC3)C2=O)C1. The third kappa shape index (κ3) is 2.86. The van der Waals surface area contributed by atoms with Gasteiger partial charge in [-0.25, -0.2) is 0 Å². The summed E-state index contributed by atoms with van der Waals surface area (Å²) in [5.74, 6) is 0.717. The highest BCUT2D eigenvalue weighted by Gasteiger charge is 2.51. The number of carbonyl (C=O) groups is 2. The largest absolute Gasteiger partial charge is 0.453 e. The molecule has 3 aliphatic rings. The molecule has 3 fully saturated rings. The lowest BCUT2D eigenvalue weighted by molar-refractivity contribution is -0.148. The zero-order valence-electron chi connectivity index (χ0n) is 14.6. The van der Waals surface area contributed by atoms with E-state index in [2.05, 4.69) is 4.90 Å². The minimum absolute atomic E-state index is 0.178. The number of amides is 2. The summed E-state index contributed by atoms with van der Waals surface area (Å²) >= 11 is 0. The summed E-state index contributed by atoms with van der Waals surface area (Å²) in [6.07, 6.45) is 7.34. The molecular formula is C19H26N2O4. The van der Waals surface area contributed by atoms with Gasteiger partial charge in [0.05, 0.1) is 5.41 Å². The fraction of sp³-hybridized carbons (Fsp3) is 0.684. The van der Waals surface area contributed by atoms with Crippen molar-refractivity contribution in [3.8, 4) is 0 Å². The van der Waals surface area contributed by atoms with Gasteiger partial charge in [-0.1, -0.05) is 12.8 Å². The summed E-state index contributed by atoms with van der Waals surface area (Å²) in [6.45, 7) is 1.74. The maximum absolute atomic E-state index is 13.2. The molecule has 4 rings (SSSR count). The molecule has 136 valence electrons. The summed E-state index contributed by atoms with van der Waals surface area (Å²) < 4.78 is 5.38. The predicted molar refractivity (Wildman–Crippen MR) is 90.8 cm³/mol. The molecule has 1 N–H and O–H groups in total. The van der Waals surface area contributed by atoms with E-state index >= 15 is 0 Å². The van der Waals surface area contributed by atoms with Crippen molar-refractivity contribution in [2.45, 2.75) is 57.6 Å². The van der Waals surface area contributed by atoms with E-state index in [1.165, 1.54) is 12.8 Å². The number of hydrogen-bond acceptors (Lipinski definition) is 4. The Morgan fingerprint density at radius 1 is 1.20 bits per heavy atom. The number of nitrogens with zero attached hydrogens (tertiary/aromatic N) is 2. The first-order valence-electron chi connectivity index (χ1n) is 9.43. The van der Waals surface area contributed by atoms with Crippen LogP contribution in [0.15, 0.2) is 16.5 Å². The second kappa shape index (κ2) is 6.48. The number of aliphatic hydroxyl groups is 1. The van der Waals surface area contributed by atoms with Crippen molar-refractivity contribution in [1.29, 1.82) is 0 Å². The lowest BCUT2D eigenvalue weighted by Gasteiger charge is -2.42. The zero-order valence-corrected chi connectivity index (χ0v) is 14.6. The molecule has 2 amide bonds. The maximum atomic E-state index is 13.2. The molecule has 25 heavy (non-hydrogen) atoms. The zero-order chi connectivity index (χ0) is 17.4. The first-order chi connectivity index (χ1) is 12.1. The van der Waals surface area contributed by atoms with E-state index < -0.39 is 5.41 Å². The van der Waals surface area contributed by atoms with Crippen molar-refractivity contribution < 1.29 is 19.1 Å². The van der Waals surface area contributed by atoms with Crippen molar-refractivity contribution in [2.75, 3.05) is 19.6 Å². The van der Waals surface area contributed by atoms with Gasteiger partial charge >= 0.3 is 0 Å². The molecule has 2 saturated heterocycles. The number of rotatable bonds is 3. The van der Waals surface area contributed by atoms with Gasteiger partial charge in [-0.2, -0.15) is 0 Å². The maximum Gasteiger partial charge on any atom is 0.289 e. The van der Waals surface area contributed by atoms with Crippen molar-refractivity contribution in [1.82, 2.24) is 9.80 Å². The van der Waals surface area contributed by atoms with Gasteiger partial charge in [0.15, 0.2) is 5.76 Å². The Kier molecular flexibility index (Phi) is 4.31. The molecule has 0 unspecified atom stereocenters. The van der Waals surface area contributed by atoms with E-state index in [0.29, 0.717) is 24.9 Å². The highest BCUT2D eigenvalue weighted by atomic mass is 16.4. The van der Waals surface area contributed by atoms with Crippen molar-refractivity contribution >= 4 is 11.8 Å². The highest BCUT2D eigenvalue weighted by molar-refractivity contribution is 5.93. The van der Waals surface area contributed by atoms with E-state index in [1.54, 1.807) is 17.0 Å². The minimum Gasteiger partial charge on any atom is -0.453 e. The second-order valence-electron chi connectivity index (χ2n) is 7.72. The van der Waals surface area contributed by atoms with Crippen LogP contribution in [0.3, 0.4) is 0 Å². The van der Waals surface area contributed by atoms with Crippen LogP contribution in [0.2, 0.25) is 0 Å². The van der Waals surface area contributed by atoms with E-state index in [9.17, 15) is 9.59 Å². The summed E-state index contributed by atoms with van der Waals surface area (Å²) in [4.78, 5) is 29.8. The molecular weight excluding hydrogens is 320 g/mol. The molecule has 3 heterocycles. The summed E-state index contributed by atoms with van der Waals surface area (Å²) in [5.41, 5.74) is -0.400. The van der Waals surface area contributed by atoms with Gasteiger partial charge in [-0.3, -0.25) is 9.59 Å². The quantitative estimate of drug-likeness (QED) is 0.910. The lowest BCUT2D eigenvalue weighted by atomic mass is 9.77. The van der Waals surface area contributed by atoms with Gasteiger partial charge in [0.1, 0.15) is 12.4 Å². The summed E-state index contributed by atoms with van der Waals surface area (Å²) in [7, 11) is 0. The molecule has 1 aliphatic carbocycles. The molecule has 1 saturated carbocycles. The number of carbonyl (C=O) groups excluding carboxylic acids is 2. The van der Waals surface area contributed by atoms with Crippen LogP contribution < -0.4 is 0 Å². The Morgan fingerprint density at radius 3 is 2.72 bits per heavy atom. The number of hydrogen-bond donors (Lipinski definition) is 1. The molecule has 1 atom stereocenters. The van der Waals surface area contributed by atoms with E-state index in [1.807, 2.05) is 0 Å². The topological polar surface area (TPSA) is 74.0 Å². The van der Waals surface area contributed by atoms with Gasteiger partial charge in [0.25, 0.3) is 5.91 Å². The van der Waals surface area contributed by atoms with Crippen LogP contribution in [0.1, 0.15) is 61.3 Å². The third-order valence-electron chi connectivity index (χ3n) is 6.20. The van der Waals surface area contributed by atoms with Gasteiger partial charge in [0.2, 0.25) is 5.91 Å². The van der Waals surface area contributed by atoms with E-state index in [0.717, 1.165) is 38.6 Å². The van der Waals surface area contributed by atoms with Crippen molar-refractivity contribution in [2.24, 2.45) is 5.41 Å². The normalized spacial score (nSPS) is 27.6. The Morgan fingerprint density at radius 2 is 2.00 bits per heavy atom. The monoisotopic (exact) mass is 346 g/mol. The van der Waals surface area contributed by atoms with E-state index in [-0.39, 0.29) is 24.2 Å². The molecule has 1 aromatic heterocycles. The second-order valence-corrected chi connectivity index (χ2v) is 7.72. The molecule has 2 aliphatic heterocycles. The van der Waals surface area contributed by atoms with Crippen LogP contribution in [-0.4, -0.2) is 52.4 Å². The fourth-order valence-corrected chi connectivity index (χ4v) is 4.82. The van der Waals surface area contributed by atoms with Crippen molar-refractivity contribution in [3.05, 3.63) is 23.7 Å². The molecule has 1 aromatic rings. The molecule has 6 heteroatoms. The average molecular weight is 346 g/mol. The van der Waals surface area contributed by atoms with Crippen LogP contribution in [0.5, 0.6) is 0 Å². The smallest absolute Gasteiger partial charge is 0.289 e. The first kappa shape index (κ1) is 16.6. The van der Waals surface area contributed by atoms with Crippen molar-refractivity contribution in [3.63, 3.8) is 0 Å². The number of piperidine rings is 1. The standard InChI is InChI=1S/C19H26N2O4/c22-12-15-6-7-16(25-15)17(23)20-11-9-19(13-20)8-3-10-21(18(19)24)14-4-1-2-5-14/h6-7,14,22H,1-5,8-13H2/t19-/m0/s1. The fourth-order valence-electron chi connectivity index (χ4n) is 4.82. The van der Waals surface area contributed by atoms with Gasteiger partial charge < -0.3 is 19.3 Å². The molecule has 0 bridgehead atoms. The lowest BCUT2D eigenvalue weighted by Crippen LogP contribution is -2.53. The first-order valence-corrected chi connectivity index (χ1v) is 9.43. The Labute approximate surface area is 147 Å². The molecule has 6 nitrogen and oxygen atoms in total. The van der Waals surface area contributed by atoms with Crippen LogP contribution in [0, 0.1) is 5.41 Å². The molecule has 1 spiro atoms. The van der Waals surface area contributed by atoms with Crippen LogP contribution in [-0.2, 0) is 11.4 Å². The number of furan rings is 1. The van der Waals surface area contributed by atoms with Gasteiger partial charge in [0, 0.05) is 25.7 Å². The van der Waals surface area contributed by atoms with Gasteiger partial charge in [-0.05, 0) is 44.2 Å². The Bertz CT molecular complexity index is 664. The Hall–Kier alpha value is -1.82. The number of likely N-dealkylation sites (tertiary alicyclic amines) is 2.